The van der Waals surface area contributed by atoms with Crippen molar-refractivity contribution in [1.82, 2.24) is 15.6 Å². The van der Waals surface area contributed by atoms with Crippen LogP contribution in [0.5, 0.6) is 5.75 Å². The summed E-state index contributed by atoms with van der Waals surface area (Å²) in [7, 11) is 1.63. The average Bonchev–Trinajstić information content (AvgIpc) is 3.09. The molecular formula is C18H24F3IN4OS. The SMILES string of the molecule is CN=C(NCc1nc(C(C)C)cs1)NCc1ccccc1OCC(F)(F)F.I. The molecule has 1 heterocycles. The molecule has 0 bridgehead atoms. The van der Waals surface area contributed by atoms with Crippen molar-refractivity contribution >= 4 is 41.3 Å². The van der Waals surface area contributed by atoms with Gasteiger partial charge in [-0.1, -0.05) is 32.0 Å². The molecule has 0 aliphatic rings. The van der Waals surface area contributed by atoms with Crippen molar-refractivity contribution in [3.63, 3.8) is 0 Å². The summed E-state index contributed by atoms with van der Waals surface area (Å²) in [5.41, 5.74) is 1.66. The van der Waals surface area contributed by atoms with E-state index in [0.29, 0.717) is 24.0 Å². The van der Waals surface area contributed by atoms with Gasteiger partial charge in [0.1, 0.15) is 10.8 Å². The largest absolute Gasteiger partial charge is 0.484 e. The first-order valence-corrected chi connectivity index (χ1v) is 9.32. The molecule has 2 N–H and O–H groups in total. The Kier molecular flexibility index (Phi) is 10.0. The Hall–Kier alpha value is -1.56. The maximum atomic E-state index is 12.4. The van der Waals surface area contributed by atoms with Gasteiger partial charge >= 0.3 is 6.18 Å². The van der Waals surface area contributed by atoms with Gasteiger partial charge in [-0.05, 0) is 12.0 Å². The molecular weight excluding hydrogens is 504 g/mol. The van der Waals surface area contributed by atoms with Gasteiger partial charge in [0, 0.05) is 24.5 Å². The van der Waals surface area contributed by atoms with E-state index in [0.717, 1.165) is 10.7 Å². The van der Waals surface area contributed by atoms with Crippen LogP contribution in [0.25, 0.3) is 0 Å². The number of thiazole rings is 1. The lowest BCUT2D eigenvalue weighted by Crippen LogP contribution is -2.36. The predicted molar refractivity (Wildman–Crippen MR) is 117 cm³/mol. The Labute approximate surface area is 183 Å². The summed E-state index contributed by atoms with van der Waals surface area (Å²) < 4.78 is 42.0. The fourth-order valence-corrected chi connectivity index (χ4v) is 3.08. The minimum absolute atomic E-state index is 0. The number of halogens is 4. The van der Waals surface area contributed by atoms with Crippen LogP contribution >= 0.6 is 35.3 Å². The van der Waals surface area contributed by atoms with E-state index in [4.69, 9.17) is 4.74 Å². The molecule has 2 aromatic rings. The van der Waals surface area contributed by atoms with Crippen LogP contribution in [0.1, 0.15) is 36.0 Å². The first-order chi connectivity index (χ1) is 12.8. The zero-order valence-corrected chi connectivity index (χ0v) is 19.0. The number of guanidine groups is 1. The molecule has 0 aliphatic heterocycles. The quantitative estimate of drug-likeness (QED) is 0.311. The maximum Gasteiger partial charge on any atom is 0.422 e. The molecule has 28 heavy (non-hydrogen) atoms. The highest BCUT2D eigenvalue weighted by molar-refractivity contribution is 14.0. The second-order valence-electron chi connectivity index (χ2n) is 6.11. The van der Waals surface area contributed by atoms with Gasteiger partial charge in [-0.15, -0.1) is 35.3 Å². The number of para-hydroxylation sites is 1. The topological polar surface area (TPSA) is 58.5 Å². The molecule has 5 nitrogen and oxygen atoms in total. The third kappa shape index (κ3) is 8.21. The number of ether oxygens (including phenoxy) is 1. The van der Waals surface area contributed by atoms with Gasteiger partial charge in [-0.3, -0.25) is 4.99 Å². The first-order valence-electron chi connectivity index (χ1n) is 8.44. The van der Waals surface area contributed by atoms with Gasteiger partial charge in [0.15, 0.2) is 12.6 Å². The molecule has 0 amide bonds. The van der Waals surface area contributed by atoms with Crippen LogP contribution in [0.3, 0.4) is 0 Å². The summed E-state index contributed by atoms with van der Waals surface area (Å²) >= 11 is 1.57. The number of hydrogen-bond acceptors (Lipinski definition) is 4. The fraction of sp³-hybridized carbons (Fsp3) is 0.444. The van der Waals surface area contributed by atoms with Crippen molar-refractivity contribution in [1.29, 1.82) is 0 Å². The summed E-state index contributed by atoms with van der Waals surface area (Å²) in [6.07, 6.45) is -4.37. The van der Waals surface area contributed by atoms with Gasteiger partial charge in [0.05, 0.1) is 12.2 Å². The second-order valence-corrected chi connectivity index (χ2v) is 7.05. The van der Waals surface area contributed by atoms with Gasteiger partial charge in [-0.2, -0.15) is 13.2 Å². The predicted octanol–water partition coefficient (Wildman–Crippen LogP) is 4.69. The van der Waals surface area contributed by atoms with Crippen molar-refractivity contribution in [2.75, 3.05) is 13.7 Å². The van der Waals surface area contributed by atoms with Gasteiger partial charge in [-0.25, -0.2) is 4.98 Å². The summed E-state index contributed by atoms with van der Waals surface area (Å²) in [6.45, 7) is 3.65. The van der Waals surface area contributed by atoms with E-state index in [9.17, 15) is 13.2 Å². The van der Waals surface area contributed by atoms with E-state index >= 15 is 0 Å². The van der Waals surface area contributed by atoms with Gasteiger partial charge < -0.3 is 15.4 Å². The number of aliphatic imine (C=N–C) groups is 1. The summed E-state index contributed by atoms with van der Waals surface area (Å²) in [6, 6.07) is 6.61. The highest BCUT2D eigenvalue weighted by Gasteiger charge is 2.28. The minimum atomic E-state index is -4.37. The van der Waals surface area contributed by atoms with Crippen molar-refractivity contribution in [3.05, 3.63) is 45.9 Å². The number of nitrogens with zero attached hydrogens (tertiary/aromatic N) is 2. The summed E-state index contributed by atoms with van der Waals surface area (Å²) in [5, 5.41) is 9.20. The molecule has 156 valence electrons. The van der Waals surface area contributed by atoms with E-state index in [2.05, 4.69) is 34.5 Å². The lowest BCUT2D eigenvalue weighted by atomic mass is 10.2. The minimum Gasteiger partial charge on any atom is -0.484 e. The molecule has 0 spiro atoms. The highest BCUT2D eigenvalue weighted by atomic mass is 127. The van der Waals surface area contributed by atoms with Crippen LogP contribution in [0, 0.1) is 0 Å². The van der Waals surface area contributed by atoms with Crippen molar-refractivity contribution < 1.29 is 17.9 Å². The second kappa shape index (κ2) is 11.4. The molecule has 0 fully saturated rings. The van der Waals surface area contributed by atoms with Crippen LogP contribution in [-0.4, -0.2) is 30.8 Å². The smallest absolute Gasteiger partial charge is 0.422 e. The molecule has 0 radical (unpaired) electrons. The van der Waals surface area contributed by atoms with Crippen molar-refractivity contribution in [3.8, 4) is 5.75 Å². The number of benzene rings is 1. The van der Waals surface area contributed by atoms with Crippen LogP contribution in [-0.2, 0) is 13.1 Å². The number of nitrogens with one attached hydrogen (secondary N) is 2. The van der Waals surface area contributed by atoms with Crippen molar-refractivity contribution in [2.45, 2.75) is 39.0 Å². The molecule has 2 rings (SSSR count). The Bertz CT molecular complexity index is 765. The van der Waals surface area contributed by atoms with Crippen LogP contribution in [0.15, 0.2) is 34.6 Å². The molecule has 0 saturated heterocycles. The van der Waals surface area contributed by atoms with E-state index in [1.54, 1.807) is 36.6 Å². The van der Waals surface area contributed by atoms with Gasteiger partial charge in [0.25, 0.3) is 0 Å². The summed E-state index contributed by atoms with van der Waals surface area (Å²) in [5.74, 6) is 1.10. The molecule has 0 aliphatic carbocycles. The van der Waals surface area contributed by atoms with Gasteiger partial charge in [0.2, 0.25) is 0 Å². The van der Waals surface area contributed by atoms with E-state index in [-0.39, 0.29) is 36.3 Å². The zero-order valence-electron chi connectivity index (χ0n) is 15.8. The summed E-state index contributed by atoms with van der Waals surface area (Å²) in [4.78, 5) is 8.67. The van der Waals surface area contributed by atoms with E-state index in [1.165, 1.54) is 6.07 Å². The Morgan fingerprint density at radius 1 is 1.21 bits per heavy atom. The normalized spacial score (nSPS) is 11.9. The standard InChI is InChI=1S/C18H23F3N4OS.HI/c1-12(2)14-10-27-16(25-14)9-24-17(22-3)23-8-13-6-4-5-7-15(13)26-11-18(19,20)21;/h4-7,10,12H,8-9,11H2,1-3H3,(H2,22,23,24);1H. The van der Waals surface area contributed by atoms with E-state index in [1.807, 2.05) is 5.38 Å². The van der Waals surface area contributed by atoms with Crippen LogP contribution in [0.2, 0.25) is 0 Å². The van der Waals surface area contributed by atoms with E-state index < -0.39 is 12.8 Å². The number of hydrogen-bond donors (Lipinski definition) is 2. The fourth-order valence-electron chi connectivity index (χ4n) is 2.18. The Morgan fingerprint density at radius 2 is 1.89 bits per heavy atom. The molecule has 0 unspecified atom stereocenters. The monoisotopic (exact) mass is 528 g/mol. The lowest BCUT2D eigenvalue weighted by molar-refractivity contribution is -0.153. The molecule has 0 saturated carbocycles. The third-order valence-corrected chi connectivity index (χ3v) is 4.47. The molecule has 0 atom stereocenters. The Morgan fingerprint density at radius 3 is 2.50 bits per heavy atom. The zero-order chi connectivity index (χ0) is 19.9. The van der Waals surface area contributed by atoms with Crippen LogP contribution < -0.4 is 15.4 Å². The molecule has 1 aromatic carbocycles. The first kappa shape index (κ1) is 24.5. The highest BCUT2D eigenvalue weighted by Crippen LogP contribution is 2.22. The Balaban J connectivity index is 0.00000392. The number of rotatable bonds is 7. The number of aromatic nitrogens is 1. The molecule has 1 aromatic heterocycles. The number of alkyl halides is 3. The molecule has 10 heteroatoms. The maximum absolute atomic E-state index is 12.4. The average molecular weight is 528 g/mol. The van der Waals surface area contributed by atoms with Crippen molar-refractivity contribution in [2.24, 2.45) is 4.99 Å². The van der Waals surface area contributed by atoms with Crippen LogP contribution in [0.4, 0.5) is 13.2 Å². The lowest BCUT2D eigenvalue weighted by Gasteiger charge is -2.15. The third-order valence-electron chi connectivity index (χ3n) is 3.60.